The summed E-state index contributed by atoms with van der Waals surface area (Å²) in [6.45, 7) is 5.59. The molecule has 39 heavy (non-hydrogen) atoms. The first-order valence-electron chi connectivity index (χ1n) is 11.8. The number of aromatic nitrogens is 5. The van der Waals surface area contributed by atoms with E-state index >= 15 is 0 Å². The van der Waals surface area contributed by atoms with Gasteiger partial charge in [-0.05, 0) is 53.7 Å². The molecule has 1 amide bonds. The summed E-state index contributed by atoms with van der Waals surface area (Å²) in [5.74, 6) is -0.661. The topological polar surface area (TPSA) is 150 Å². The van der Waals surface area contributed by atoms with Gasteiger partial charge in [0.1, 0.15) is 18.2 Å². The Kier molecular flexibility index (Phi) is 9.07. The molecular formula is C24H24Cl2FN9O3. The molecule has 2 heterocycles. The Morgan fingerprint density at radius 2 is 2.05 bits per heavy atom. The number of anilines is 1. The molecule has 2 aromatic carbocycles. The summed E-state index contributed by atoms with van der Waals surface area (Å²) in [6, 6.07) is 9.16. The number of ether oxygens (including phenoxy) is 1. The standard InChI is InChI=1S/C24H24Cl2FN9O3/c1-3-35(4-2)12-19-21(30-34-36(19)23-22(28)32-39-33-23)24(37)31-29-11-14-10-15(25)8-9-20(14)38-13-16-17(26)6-5-7-18(16)27/h5-11H,3-4,12-13H2,1-2H3,(H2,28,32)(H,31,37)/b29-11+. The molecule has 0 aliphatic carbocycles. The summed E-state index contributed by atoms with van der Waals surface area (Å²) >= 11 is 12.2. The zero-order valence-corrected chi connectivity index (χ0v) is 22.4. The highest BCUT2D eigenvalue weighted by atomic mass is 35.5. The van der Waals surface area contributed by atoms with Crippen LogP contribution in [0.2, 0.25) is 10.0 Å². The predicted molar refractivity (Wildman–Crippen MR) is 143 cm³/mol. The van der Waals surface area contributed by atoms with E-state index in [-0.39, 0.29) is 34.5 Å². The number of rotatable bonds is 11. The van der Waals surface area contributed by atoms with Crippen LogP contribution in [0.15, 0.2) is 46.1 Å². The van der Waals surface area contributed by atoms with Gasteiger partial charge in [0, 0.05) is 22.7 Å². The Hall–Kier alpha value is -4.07. The van der Waals surface area contributed by atoms with Crippen molar-refractivity contribution in [1.82, 2.24) is 35.6 Å². The quantitative estimate of drug-likeness (QED) is 0.200. The Balaban J connectivity index is 1.54. The van der Waals surface area contributed by atoms with Crippen LogP contribution in [0.5, 0.6) is 5.75 Å². The Labute approximate surface area is 232 Å². The van der Waals surface area contributed by atoms with Crippen LogP contribution in [0.1, 0.15) is 41.2 Å². The zero-order valence-electron chi connectivity index (χ0n) is 20.9. The van der Waals surface area contributed by atoms with Gasteiger partial charge < -0.3 is 10.5 Å². The van der Waals surface area contributed by atoms with Gasteiger partial charge in [0.05, 0.1) is 16.9 Å². The molecule has 0 spiro atoms. The molecule has 2 aromatic heterocycles. The molecule has 0 bridgehead atoms. The molecule has 0 saturated carbocycles. The third-order valence-electron chi connectivity index (χ3n) is 5.72. The van der Waals surface area contributed by atoms with Crippen molar-refractivity contribution in [1.29, 1.82) is 0 Å². The lowest BCUT2D eigenvalue weighted by atomic mass is 10.2. The number of carbonyl (C=O) groups excluding carboxylic acids is 1. The normalized spacial score (nSPS) is 11.4. The summed E-state index contributed by atoms with van der Waals surface area (Å²) in [5, 5.41) is 20.0. The van der Waals surface area contributed by atoms with Crippen molar-refractivity contribution in [2.45, 2.75) is 27.0 Å². The highest BCUT2D eigenvalue weighted by molar-refractivity contribution is 6.31. The summed E-state index contributed by atoms with van der Waals surface area (Å²) in [6.07, 6.45) is 1.34. The van der Waals surface area contributed by atoms with Crippen LogP contribution in [0.4, 0.5) is 10.2 Å². The summed E-state index contributed by atoms with van der Waals surface area (Å²) in [4.78, 5) is 15.1. The van der Waals surface area contributed by atoms with Crippen LogP contribution in [-0.4, -0.2) is 55.4 Å². The molecule has 0 fully saturated rings. The van der Waals surface area contributed by atoms with Gasteiger partial charge in [-0.15, -0.1) is 5.10 Å². The minimum Gasteiger partial charge on any atom is -0.488 e. The third kappa shape index (κ3) is 6.50. The number of nitrogen functional groups attached to an aromatic ring is 1. The van der Waals surface area contributed by atoms with E-state index in [4.69, 9.17) is 33.7 Å². The van der Waals surface area contributed by atoms with Crippen molar-refractivity contribution in [2.75, 3.05) is 18.8 Å². The SMILES string of the molecule is CCN(CC)Cc1c(C(=O)N/N=C/c2cc(Cl)ccc2OCc2c(F)cccc2Cl)nnn1-c1nonc1N. The first-order chi connectivity index (χ1) is 18.8. The van der Waals surface area contributed by atoms with E-state index in [0.717, 1.165) is 0 Å². The van der Waals surface area contributed by atoms with Crippen molar-refractivity contribution >= 4 is 41.1 Å². The Morgan fingerprint density at radius 3 is 2.74 bits per heavy atom. The van der Waals surface area contributed by atoms with Gasteiger partial charge in [0.15, 0.2) is 5.69 Å². The van der Waals surface area contributed by atoms with Crippen LogP contribution in [0, 0.1) is 5.82 Å². The number of nitrogens with one attached hydrogen (secondary N) is 1. The van der Waals surface area contributed by atoms with Crippen molar-refractivity contribution in [2.24, 2.45) is 5.10 Å². The average molecular weight is 576 g/mol. The molecule has 0 unspecified atom stereocenters. The molecule has 4 rings (SSSR count). The number of hydrogen-bond acceptors (Lipinski definition) is 10. The van der Waals surface area contributed by atoms with E-state index in [1.807, 2.05) is 13.8 Å². The van der Waals surface area contributed by atoms with E-state index in [1.165, 1.54) is 23.0 Å². The van der Waals surface area contributed by atoms with E-state index in [2.05, 4.69) is 40.7 Å². The lowest BCUT2D eigenvalue weighted by Crippen LogP contribution is -2.27. The van der Waals surface area contributed by atoms with Gasteiger partial charge in [-0.3, -0.25) is 9.69 Å². The van der Waals surface area contributed by atoms with Crippen molar-refractivity contribution in [3.8, 4) is 11.6 Å². The number of nitrogens with two attached hydrogens (primary N) is 1. The number of amides is 1. The molecule has 0 radical (unpaired) electrons. The maximum absolute atomic E-state index is 14.1. The first kappa shape index (κ1) is 28.0. The molecule has 0 saturated heterocycles. The lowest BCUT2D eigenvalue weighted by Gasteiger charge is -2.18. The van der Waals surface area contributed by atoms with Crippen LogP contribution >= 0.6 is 23.2 Å². The summed E-state index contributed by atoms with van der Waals surface area (Å²) in [5.41, 5.74) is 9.33. The molecule has 15 heteroatoms. The van der Waals surface area contributed by atoms with Crippen molar-refractivity contribution in [3.05, 3.63) is 74.8 Å². The Morgan fingerprint density at radius 1 is 1.26 bits per heavy atom. The number of hydrazone groups is 1. The predicted octanol–water partition coefficient (Wildman–Crippen LogP) is 3.86. The summed E-state index contributed by atoms with van der Waals surface area (Å²) in [7, 11) is 0. The van der Waals surface area contributed by atoms with E-state index < -0.39 is 11.7 Å². The van der Waals surface area contributed by atoms with Gasteiger partial charge >= 0.3 is 0 Å². The molecule has 3 N–H and O–H groups in total. The largest absolute Gasteiger partial charge is 0.488 e. The smallest absolute Gasteiger partial charge is 0.293 e. The molecule has 4 aromatic rings. The fraction of sp³-hybridized carbons (Fsp3) is 0.250. The average Bonchev–Trinajstić information content (AvgIpc) is 3.53. The fourth-order valence-corrected chi connectivity index (χ4v) is 3.97. The first-order valence-corrected chi connectivity index (χ1v) is 12.5. The van der Waals surface area contributed by atoms with Crippen LogP contribution in [0.3, 0.4) is 0 Å². The summed E-state index contributed by atoms with van der Waals surface area (Å²) < 4.78 is 25.9. The number of benzene rings is 2. The number of nitrogens with zero attached hydrogens (tertiary/aromatic N) is 7. The molecule has 12 nitrogen and oxygen atoms in total. The van der Waals surface area contributed by atoms with Crippen LogP contribution in [0.25, 0.3) is 5.82 Å². The van der Waals surface area contributed by atoms with E-state index in [9.17, 15) is 9.18 Å². The molecule has 0 aliphatic rings. The van der Waals surface area contributed by atoms with Crippen molar-refractivity contribution < 1.29 is 18.6 Å². The maximum atomic E-state index is 14.1. The molecular weight excluding hydrogens is 552 g/mol. The van der Waals surface area contributed by atoms with Gasteiger partial charge in [0.25, 0.3) is 5.91 Å². The minimum absolute atomic E-state index is 0.00386. The minimum atomic E-state index is -0.627. The molecule has 0 aliphatic heterocycles. The third-order valence-corrected chi connectivity index (χ3v) is 6.31. The van der Waals surface area contributed by atoms with Crippen LogP contribution < -0.4 is 15.9 Å². The van der Waals surface area contributed by atoms with E-state index in [0.29, 0.717) is 41.7 Å². The van der Waals surface area contributed by atoms with Gasteiger partial charge in [-0.2, -0.15) is 9.78 Å². The number of hydrogen-bond donors (Lipinski definition) is 2. The van der Waals surface area contributed by atoms with Gasteiger partial charge in [-0.1, -0.05) is 48.3 Å². The number of halogens is 3. The second kappa shape index (κ2) is 12.7. The second-order valence-corrected chi connectivity index (χ2v) is 8.94. The highest BCUT2D eigenvalue weighted by Gasteiger charge is 2.25. The second-order valence-electron chi connectivity index (χ2n) is 8.10. The van der Waals surface area contributed by atoms with E-state index in [1.54, 1.807) is 24.3 Å². The Bertz CT molecular complexity index is 1470. The van der Waals surface area contributed by atoms with Crippen LogP contribution in [-0.2, 0) is 13.2 Å². The zero-order chi connectivity index (χ0) is 27.9. The van der Waals surface area contributed by atoms with Crippen molar-refractivity contribution in [3.63, 3.8) is 0 Å². The lowest BCUT2D eigenvalue weighted by molar-refractivity contribution is 0.0948. The van der Waals surface area contributed by atoms with Gasteiger partial charge in [0.2, 0.25) is 11.6 Å². The molecule has 204 valence electrons. The monoisotopic (exact) mass is 575 g/mol. The highest BCUT2D eigenvalue weighted by Crippen LogP contribution is 2.25. The maximum Gasteiger partial charge on any atom is 0.293 e. The molecule has 0 atom stereocenters. The fourth-order valence-electron chi connectivity index (χ4n) is 3.57. The van der Waals surface area contributed by atoms with Gasteiger partial charge in [-0.25, -0.2) is 14.4 Å². The number of carbonyl (C=O) groups is 1.